The van der Waals surface area contributed by atoms with Gasteiger partial charge in [0.15, 0.2) is 0 Å². The Bertz CT molecular complexity index is 440. The average Bonchev–Trinajstić information content (AvgIpc) is 3.04. The van der Waals surface area contributed by atoms with Crippen LogP contribution in [0.25, 0.3) is 0 Å². The SMILES string of the molecule is CC(C)NCC1(c2cccc(F)c2)CC2(CC2)C1. The zero-order chi connectivity index (χ0) is 12.8. The van der Waals surface area contributed by atoms with Crippen LogP contribution in [0.1, 0.15) is 45.1 Å². The second-order valence-electron chi connectivity index (χ2n) is 6.68. The summed E-state index contributed by atoms with van der Waals surface area (Å²) >= 11 is 0. The molecule has 0 unspecified atom stereocenters. The minimum atomic E-state index is -0.104. The predicted molar refractivity (Wildman–Crippen MR) is 72.1 cm³/mol. The summed E-state index contributed by atoms with van der Waals surface area (Å²) in [4.78, 5) is 0. The van der Waals surface area contributed by atoms with E-state index in [-0.39, 0.29) is 11.2 Å². The van der Waals surface area contributed by atoms with E-state index in [1.54, 1.807) is 12.1 Å². The molecular weight excluding hydrogens is 225 g/mol. The van der Waals surface area contributed by atoms with Gasteiger partial charge in [-0.05, 0) is 48.8 Å². The number of hydrogen-bond donors (Lipinski definition) is 1. The van der Waals surface area contributed by atoms with E-state index in [2.05, 4.69) is 25.2 Å². The number of benzene rings is 1. The van der Waals surface area contributed by atoms with Gasteiger partial charge in [0, 0.05) is 18.0 Å². The molecule has 0 aliphatic heterocycles. The van der Waals surface area contributed by atoms with Crippen LogP contribution in [0, 0.1) is 11.2 Å². The quantitative estimate of drug-likeness (QED) is 0.856. The lowest BCUT2D eigenvalue weighted by molar-refractivity contribution is 0.113. The van der Waals surface area contributed by atoms with E-state index >= 15 is 0 Å². The molecule has 1 aromatic carbocycles. The molecular formula is C16H22FN. The molecule has 2 saturated carbocycles. The molecule has 2 aliphatic carbocycles. The van der Waals surface area contributed by atoms with Crippen molar-refractivity contribution >= 4 is 0 Å². The van der Waals surface area contributed by atoms with Crippen molar-refractivity contribution in [2.45, 2.75) is 51.0 Å². The van der Waals surface area contributed by atoms with Gasteiger partial charge in [0.05, 0.1) is 0 Å². The summed E-state index contributed by atoms with van der Waals surface area (Å²) in [6, 6.07) is 7.71. The highest BCUT2D eigenvalue weighted by Gasteiger charge is 2.60. The number of hydrogen-bond acceptors (Lipinski definition) is 1. The van der Waals surface area contributed by atoms with Crippen LogP contribution >= 0.6 is 0 Å². The number of rotatable bonds is 4. The molecule has 0 saturated heterocycles. The second-order valence-corrected chi connectivity index (χ2v) is 6.68. The van der Waals surface area contributed by atoms with Gasteiger partial charge in [0.25, 0.3) is 0 Å². The minimum absolute atomic E-state index is 0.104. The maximum Gasteiger partial charge on any atom is 0.123 e. The summed E-state index contributed by atoms with van der Waals surface area (Å²) in [5, 5.41) is 3.55. The summed E-state index contributed by atoms with van der Waals surface area (Å²) in [5.41, 5.74) is 2.00. The van der Waals surface area contributed by atoms with Crippen molar-refractivity contribution in [2.75, 3.05) is 6.54 Å². The molecule has 0 heterocycles. The Balaban J connectivity index is 1.81. The van der Waals surface area contributed by atoms with Crippen LogP contribution in [0.15, 0.2) is 24.3 Å². The van der Waals surface area contributed by atoms with E-state index in [9.17, 15) is 4.39 Å². The Hall–Kier alpha value is -0.890. The van der Waals surface area contributed by atoms with E-state index in [1.807, 2.05) is 6.07 Å². The van der Waals surface area contributed by atoms with Gasteiger partial charge in [-0.2, -0.15) is 0 Å². The van der Waals surface area contributed by atoms with Gasteiger partial charge in [-0.3, -0.25) is 0 Å². The summed E-state index contributed by atoms with van der Waals surface area (Å²) in [5.74, 6) is -0.104. The molecule has 3 rings (SSSR count). The minimum Gasteiger partial charge on any atom is -0.314 e. The summed E-state index contributed by atoms with van der Waals surface area (Å²) in [6.45, 7) is 5.32. The van der Waals surface area contributed by atoms with Gasteiger partial charge >= 0.3 is 0 Å². The molecule has 1 spiro atoms. The van der Waals surface area contributed by atoms with E-state index in [1.165, 1.54) is 31.2 Å². The van der Waals surface area contributed by atoms with E-state index < -0.39 is 0 Å². The molecule has 2 heteroatoms. The normalized spacial score (nSPS) is 23.1. The molecule has 18 heavy (non-hydrogen) atoms. The summed E-state index contributed by atoms with van der Waals surface area (Å²) in [6.07, 6.45) is 5.24. The standard InChI is InChI=1S/C16H22FN/c1-12(2)18-11-16(9-15(10-16)6-7-15)13-4-3-5-14(17)8-13/h3-5,8,12,18H,6-7,9-11H2,1-2H3. The zero-order valence-electron chi connectivity index (χ0n) is 11.3. The van der Waals surface area contributed by atoms with Gasteiger partial charge in [0.1, 0.15) is 5.82 Å². The Morgan fingerprint density at radius 1 is 1.28 bits per heavy atom. The lowest BCUT2D eigenvalue weighted by Gasteiger charge is -2.50. The van der Waals surface area contributed by atoms with Crippen LogP contribution in [-0.2, 0) is 5.41 Å². The molecule has 1 N–H and O–H groups in total. The van der Waals surface area contributed by atoms with Gasteiger partial charge < -0.3 is 5.32 Å². The monoisotopic (exact) mass is 247 g/mol. The fraction of sp³-hybridized carbons (Fsp3) is 0.625. The van der Waals surface area contributed by atoms with Crippen molar-refractivity contribution in [3.05, 3.63) is 35.6 Å². The van der Waals surface area contributed by atoms with Gasteiger partial charge in [-0.25, -0.2) is 4.39 Å². The molecule has 1 aromatic rings. The maximum absolute atomic E-state index is 13.4. The largest absolute Gasteiger partial charge is 0.314 e. The lowest BCUT2D eigenvalue weighted by Crippen LogP contribution is -2.50. The first kappa shape index (κ1) is 12.2. The van der Waals surface area contributed by atoms with E-state index in [0.29, 0.717) is 11.5 Å². The van der Waals surface area contributed by atoms with Crippen LogP contribution in [0.5, 0.6) is 0 Å². The van der Waals surface area contributed by atoms with Gasteiger partial charge in [-0.1, -0.05) is 26.0 Å². The van der Waals surface area contributed by atoms with Crippen molar-refractivity contribution in [3.8, 4) is 0 Å². The molecule has 2 aliphatic rings. The first-order valence-electron chi connectivity index (χ1n) is 7.03. The summed E-state index contributed by atoms with van der Waals surface area (Å²) in [7, 11) is 0. The first-order valence-corrected chi connectivity index (χ1v) is 7.03. The van der Waals surface area contributed by atoms with Crippen LogP contribution in [0.4, 0.5) is 4.39 Å². The molecule has 0 radical (unpaired) electrons. The Morgan fingerprint density at radius 2 is 2.00 bits per heavy atom. The molecule has 0 atom stereocenters. The maximum atomic E-state index is 13.4. The summed E-state index contributed by atoms with van der Waals surface area (Å²) < 4.78 is 13.4. The van der Waals surface area contributed by atoms with Crippen LogP contribution < -0.4 is 5.32 Å². The van der Waals surface area contributed by atoms with Crippen molar-refractivity contribution in [3.63, 3.8) is 0 Å². The third kappa shape index (κ3) is 2.07. The highest BCUT2D eigenvalue weighted by Crippen LogP contribution is 2.68. The third-order valence-corrected chi connectivity index (χ3v) is 4.67. The van der Waals surface area contributed by atoms with Crippen molar-refractivity contribution < 1.29 is 4.39 Å². The number of halogens is 1. The molecule has 0 aromatic heterocycles. The molecule has 1 nitrogen and oxygen atoms in total. The third-order valence-electron chi connectivity index (χ3n) is 4.67. The lowest BCUT2D eigenvalue weighted by atomic mass is 9.56. The molecule has 98 valence electrons. The number of nitrogens with one attached hydrogen (secondary N) is 1. The van der Waals surface area contributed by atoms with Gasteiger partial charge in [0.2, 0.25) is 0 Å². The fourth-order valence-electron chi connectivity index (χ4n) is 3.56. The van der Waals surface area contributed by atoms with Crippen molar-refractivity contribution in [2.24, 2.45) is 5.41 Å². The fourth-order valence-corrected chi connectivity index (χ4v) is 3.56. The Labute approximate surface area is 109 Å². The topological polar surface area (TPSA) is 12.0 Å². The Kier molecular flexibility index (Phi) is 2.74. The predicted octanol–water partition coefficient (Wildman–Crippen LogP) is 3.64. The van der Waals surface area contributed by atoms with Gasteiger partial charge in [-0.15, -0.1) is 0 Å². The van der Waals surface area contributed by atoms with Crippen LogP contribution in [-0.4, -0.2) is 12.6 Å². The van der Waals surface area contributed by atoms with Crippen LogP contribution in [0.3, 0.4) is 0 Å². The molecule has 0 bridgehead atoms. The highest BCUT2D eigenvalue weighted by atomic mass is 19.1. The molecule has 2 fully saturated rings. The highest BCUT2D eigenvalue weighted by molar-refractivity contribution is 5.34. The Morgan fingerprint density at radius 3 is 2.56 bits per heavy atom. The van der Waals surface area contributed by atoms with Crippen molar-refractivity contribution in [1.82, 2.24) is 5.32 Å². The van der Waals surface area contributed by atoms with E-state index in [4.69, 9.17) is 0 Å². The zero-order valence-corrected chi connectivity index (χ0v) is 11.3. The molecule has 0 amide bonds. The first-order chi connectivity index (χ1) is 8.54. The second kappa shape index (κ2) is 4.06. The smallest absolute Gasteiger partial charge is 0.123 e. The van der Waals surface area contributed by atoms with Crippen molar-refractivity contribution in [1.29, 1.82) is 0 Å². The van der Waals surface area contributed by atoms with Crippen LogP contribution in [0.2, 0.25) is 0 Å². The van der Waals surface area contributed by atoms with E-state index in [0.717, 1.165) is 6.54 Å². The average molecular weight is 247 g/mol.